The summed E-state index contributed by atoms with van der Waals surface area (Å²) in [4.78, 5) is 12.4. The van der Waals surface area contributed by atoms with Crippen LogP contribution in [0.4, 0.5) is 0 Å². The maximum atomic E-state index is 6.11. The summed E-state index contributed by atoms with van der Waals surface area (Å²) in [7, 11) is -0.761. The summed E-state index contributed by atoms with van der Waals surface area (Å²) >= 11 is 0. The molecule has 2 aliphatic rings. The molecule has 5 nitrogen and oxygen atoms in total. The van der Waals surface area contributed by atoms with Crippen molar-refractivity contribution in [3.05, 3.63) is 0 Å². The quantitative estimate of drug-likeness (QED) is 0.513. The lowest BCUT2D eigenvalue weighted by Gasteiger charge is -2.23. The van der Waals surface area contributed by atoms with Gasteiger partial charge in [-0.2, -0.15) is 0 Å². The highest BCUT2D eigenvalue weighted by molar-refractivity contribution is 6.70. The summed E-state index contributed by atoms with van der Waals surface area (Å²) in [6.07, 6.45) is 4.37. The van der Waals surface area contributed by atoms with Crippen LogP contribution in [0.15, 0.2) is 9.98 Å². The summed E-state index contributed by atoms with van der Waals surface area (Å²) in [6.45, 7) is 19.7. The molecule has 0 aromatic rings. The fraction of sp³-hybridized carbons (Fsp3) is 0.905. The van der Waals surface area contributed by atoms with Crippen molar-refractivity contribution in [2.45, 2.75) is 90.9 Å². The summed E-state index contributed by atoms with van der Waals surface area (Å²) in [6, 6.07) is 0.770. The highest BCUT2D eigenvalue weighted by Crippen LogP contribution is 2.27. The first kappa shape index (κ1) is 23.8. The van der Waals surface area contributed by atoms with Crippen LogP contribution in [0.1, 0.15) is 39.5 Å². The second-order valence-corrected chi connectivity index (χ2v) is 19.7. The van der Waals surface area contributed by atoms with Gasteiger partial charge in [-0.25, -0.2) is 0 Å². The van der Waals surface area contributed by atoms with Gasteiger partial charge in [0.15, 0.2) is 16.6 Å². The van der Waals surface area contributed by atoms with E-state index in [9.17, 15) is 0 Å². The standard InChI is InChI=1S/C21H43N3O2Si2/c1-16(14-25-27(4,5)6)18-10-12-20(22-18)24(3)21-13-11-19(23-21)17(2)15-26-28(7,8)9/h16-19H,10-15H2,1-9H3. The number of nitrogens with zero attached hydrogens (tertiary/aromatic N) is 3. The average Bonchev–Trinajstić information content (AvgIpc) is 3.25. The number of rotatable bonds is 8. The van der Waals surface area contributed by atoms with Crippen molar-refractivity contribution in [1.29, 1.82) is 0 Å². The molecule has 4 atom stereocenters. The molecule has 28 heavy (non-hydrogen) atoms. The van der Waals surface area contributed by atoms with Crippen molar-refractivity contribution in [3.8, 4) is 0 Å². The van der Waals surface area contributed by atoms with Gasteiger partial charge in [0.2, 0.25) is 0 Å². The van der Waals surface area contributed by atoms with Crippen LogP contribution in [-0.4, -0.2) is 65.6 Å². The van der Waals surface area contributed by atoms with E-state index in [4.69, 9.17) is 18.8 Å². The predicted octanol–water partition coefficient (Wildman–Crippen LogP) is 5.02. The predicted molar refractivity (Wildman–Crippen MR) is 126 cm³/mol. The molecule has 0 bridgehead atoms. The van der Waals surface area contributed by atoms with Crippen LogP contribution in [0.2, 0.25) is 39.3 Å². The Hall–Kier alpha value is -0.506. The molecule has 0 aromatic heterocycles. The Balaban J connectivity index is 1.90. The Morgan fingerprint density at radius 2 is 1.18 bits per heavy atom. The molecule has 0 spiro atoms. The Morgan fingerprint density at radius 3 is 1.50 bits per heavy atom. The lowest BCUT2D eigenvalue weighted by molar-refractivity contribution is 0.232. The average molecular weight is 426 g/mol. The molecule has 0 saturated heterocycles. The Labute approximate surface area is 175 Å². The van der Waals surface area contributed by atoms with Crippen LogP contribution in [0.3, 0.4) is 0 Å². The molecule has 0 N–H and O–H groups in total. The number of aliphatic imine (C=N–C) groups is 2. The second-order valence-electron chi connectivity index (χ2n) is 10.7. The lowest BCUT2D eigenvalue weighted by Crippen LogP contribution is -2.32. The molecule has 0 aliphatic carbocycles. The highest BCUT2D eigenvalue weighted by atomic mass is 28.4. The minimum absolute atomic E-state index is 0.385. The van der Waals surface area contributed by atoms with E-state index in [1.54, 1.807) is 0 Å². The zero-order chi connectivity index (χ0) is 21.1. The van der Waals surface area contributed by atoms with Gasteiger partial charge in [-0.05, 0) is 52.1 Å². The molecule has 0 radical (unpaired) electrons. The van der Waals surface area contributed by atoms with Crippen LogP contribution in [0, 0.1) is 11.8 Å². The monoisotopic (exact) mass is 425 g/mol. The summed E-state index contributed by atoms with van der Waals surface area (Å²) in [5.74, 6) is 3.37. The van der Waals surface area contributed by atoms with Crippen molar-refractivity contribution in [2.75, 3.05) is 20.3 Å². The van der Waals surface area contributed by atoms with E-state index in [-0.39, 0.29) is 0 Å². The first-order chi connectivity index (χ1) is 12.9. The highest BCUT2D eigenvalue weighted by Gasteiger charge is 2.31. The molecular formula is C21H43N3O2Si2. The van der Waals surface area contributed by atoms with E-state index < -0.39 is 16.6 Å². The zero-order valence-corrected chi connectivity index (χ0v) is 21.7. The maximum Gasteiger partial charge on any atom is 0.183 e. The van der Waals surface area contributed by atoms with E-state index in [1.165, 1.54) is 11.7 Å². The molecule has 162 valence electrons. The molecule has 2 heterocycles. The minimum Gasteiger partial charge on any atom is -0.417 e. The van der Waals surface area contributed by atoms with Gasteiger partial charge >= 0.3 is 0 Å². The van der Waals surface area contributed by atoms with Gasteiger partial charge in [-0.15, -0.1) is 0 Å². The Morgan fingerprint density at radius 1 is 0.821 bits per heavy atom. The van der Waals surface area contributed by atoms with Gasteiger partial charge < -0.3 is 13.8 Å². The van der Waals surface area contributed by atoms with Gasteiger partial charge in [0.25, 0.3) is 0 Å². The van der Waals surface area contributed by atoms with E-state index in [0.717, 1.165) is 38.9 Å². The molecule has 7 heteroatoms. The second kappa shape index (κ2) is 9.54. The van der Waals surface area contributed by atoms with E-state index >= 15 is 0 Å². The fourth-order valence-electron chi connectivity index (χ4n) is 3.66. The third-order valence-electron chi connectivity index (χ3n) is 5.60. The van der Waals surface area contributed by atoms with Gasteiger partial charge in [-0.1, -0.05) is 13.8 Å². The number of hydrogen-bond donors (Lipinski definition) is 0. The normalized spacial score (nSPS) is 25.5. The molecule has 0 fully saturated rings. The smallest absolute Gasteiger partial charge is 0.183 e. The van der Waals surface area contributed by atoms with Crippen molar-refractivity contribution in [1.82, 2.24) is 4.90 Å². The third kappa shape index (κ3) is 7.39. The first-order valence-electron chi connectivity index (χ1n) is 11.0. The third-order valence-corrected chi connectivity index (χ3v) is 7.67. The van der Waals surface area contributed by atoms with Crippen molar-refractivity contribution in [3.63, 3.8) is 0 Å². The van der Waals surface area contributed by atoms with Gasteiger partial charge in [0.05, 0.1) is 12.1 Å². The molecule has 2 aliphatic heterocycles. The summed E-state index contributed by atoms with van der Waals surface area (Å²) < 4.78 is 12.2. The molecule has 2 rings (SSSR count). The maximum absolute atomic E-state index is 6.11. The molecule has 4 unspecified atom stereocenters. The van der Waals surface area contributed by atoms with Crippen LogP contribution in [-0.2, 0) is 8.85 Å². The molecule has 0 aromatic carbocycles. The molecule has 0 amide bonds. The summed E-state index contributed by atoms with van der Waals surface area (Å²) in [5.41, 5.74) is 0. The fourth-order valence-corrected chi connectivity index (χ4v) is 5.19. The largest absolute Gasteiger partial charge is 0.417 e. The molecular weight excluding hydrogens is 382 g/mol. The Bertz CT molecular complexity index is 531. The first-order valence-corrected chi connectivity index (χ1v) is 17.8. The van der Waals surface area contributed by atoms with E-state index in [0.29, 0.717) is 23.9 Å². The van der Waals surface area contributed by atoms with Gasteiger partial charge in [-0.3, -0.25) is 9.98 Å². The topological polar surface area (TPSA) is 46.4 Å². The molecule has 0 saturated carbocycles. The zero-order valence-electron chi connectivity index (χ0n) is 19.7. The van der Waals surface area contributed by atoms with Crippen LogP contribution in [0.5, 0.6) is 0 Å². The van der Waals surface area contributed by atoms with Crippen molar-refractivity contribution >= 4 is 28.3 Å². The van der Waals surface area contributed by atoms with E-state index in [1.807, 2.05) is 0 Å². The van der Waals surface area contributed by atoms with Crippen molar-refractivity contribution < 1.29 is 8.85 Å². The van der Waals surface area contributed by atoms with E-state index in [2.05, 4.69) is 65.1 Å². The van der Waals surface area contributed by atoms with Crippen molar-refractivity contribution in [2.24, 2.45) is 21.8 Å². The number of amidine groups is 2. The summed E-state index contributed by atoms with van der Waals surface area (Å²) in [5, 5.41) is 0. The SMILES string of the molecule is CC(CO[Si](C)(C)C)C1CCC(N(C)C2=NC(C(C)CO[Si](C)(C)C)CC2)=N1. The lowest BCUT2D eigenvalue weighted by atomic mass is 10.0. The van der Waals surface area contributed by atoms with Gasteiger partial charge in [0.1, 0.15) is 11.7 Å². The van der Waals surface area contributed by atoms with Crippen LogP contribution >= 0.6 is 0 Å². The Kier molecular flexibility index (Phi) is 8.10. The minimum atomic E-state index is -1.45. The van der Waals surface area contributed by atoms with Crippen LogP contribution < -0.4 is 0 Å². The number of hydrogen-bond acceptors (Lipinski definition) is 5. The van der Waals surface area contributed by atoms with Gasteiger partial charge in [0, 0.05) is 44.9 Å². The van der Waals surface area contributed by atoms with Crippen LogP contribution in [0.25, 0.3) is 0 Å².